The second-order valence-electron chi connectivity index (χ2n) is 10.7. The zero-order valence-electron chi connectivity index (χ0n) is 22.0. The Balaban J connectivity index is 1.77. The van der Waals surface area contributed by atoms with Gasteiger partial charge in [-0.15, -0.1) is 0 Å². The first kappa shape index (κ1) is 28.1. The molecular formula is C26H34N2O8Si. The molecule has 3 rings (SSSR count). The van der Waals surface area contributed by atoms with Crippen molar-refractivity contribution < 1.29 is 38.2 Å². The first-order valence-electron chi connectivity index (χ1n) is 12.0. The van der Waals surface area contributed by atoms with Gasteiger partial charge in [-0.05, 0) is 43.3 Å². The van der Waals surface area contributed by atoms with Crippen LogP contribution in [0.15, 0.2) is 36.9 Å². The van der Waals surface area contributed by atoms with Gasteiger partial charge in [0.05, 0.1) is 23.6 Å². The van der Waals surface area contributed by atoms with Crippen LogP contribution in [-0.4, -0.2) is 60.7 Å². The number of carboxylic acid groups (broad SMARTS) is 1. The molecule has 0 radical (unpaired) electrons. The van der Waals surface area contributed by atoms with Gasteiger partial charge in [0, 0.05) is 23.4 Å². The minimum Gasteiger partial charge on any atom is -0.464 e. The first-order valence-corrected chi connectivity index (χ1v) is 14.9. The highest BCUT2D eigenvalue weighted by atomic mass is 28.4. The van der Waals surface area contributed by atoms with Crippen LogP contribution in [0.4, 0.5) is 9.59 Å². The van der Waals surface area contributed by atoms with E-state index in [2.05, 4.69) is 45.8 Å². The number of rotatable bonds is 9. The fourth-order valence-electron chi connectivity index (χ4n) is 4.08. The van der Waals surface area contributed by atoms with E-state index in [9.17, 15) is 24.3 Å². The highest BCUT2D eigenvalue weighted by Gasteiger charge is 2.47. The van der Waals surface area contributed by atoms with Crippen molar-refractivity contribution in [1.82, 2.24) is 9.88 Å². The van der Waals surface area contributed by atoms with Gasteiger partial charge in [0.15, 0.2) is 14.1 Å². The van der Waals surface area contributed by atoms with Crippen LogP contribution in [0.1, 0.15) is 44.5 Å². The normalized spacial score (nSPS) is 18.5. The van der Waals surface area contributed by atoms with Gasteiger partial charge < -0.3 is 24.3 Å². The summed E-state index contributed by atoms with van der Waals surface area (Å²) in [4.78, 5) is 49.1. The molecule has 1 saturated heterocycles. The monoisotopic (exact) mass is 530 g/mol. The van der Waals surface area contributed by atoms with Crippen LogP contribution in [0, 0.1) is 5.92 Å². The number of aromatic nitrogens is 1. The van der Waals surface area contributed by atoms with Crippen molar-refractivity contribution >= 4 is 43.2 Å². The van der Waals surface area contributed by atoms with Crippen molar-refractivity contribution in [2.24, 2.45) is 5.92 Å². The Morgan fingerprint density at radius 3 is 2.49 bits per heavy atom. The predicted molar refractivity (Wildman–Crippen MR) is 140 cm³/mol. The molecule has 0 saturated carbocycles. The molecule has 2 heterocycles. The lowest BCUT2D eigenvalue weighted by atomic mass is 9.82. The van der Waals surface area contributed by atoms with E-state index >= 15 is 0 Å². The van der Waals surface area contributed by atoms with E-state index in [0.717, 1.165) is 4.57 Å². The van der Waals surface area contributed by atoms with Crippen LogP contribution < -0.4 is 10.1 Å². The number of nitrogens with one attached hydrogen (secondary N) is 1. The SMILES string of the molecule is C=CCOC(=O)Oc1cc2cc(C(=O)C[C@H]3NC(=O)[C@@H]3[C@@H](C)O[Si](C)(C)C(C)(C)C)ccc2n1C(=O)O. The van der Waals surface area contributed by atoms with Gasteiger partial charge >= 0.3 is 12.2 Å². The van der Waals surface area contributed by atoms with Crippen LogP contribution >= 0.6 is 0 Å². The van der Waals surface area contributed by atoms with Gasteiger partial charge in [0.25, 0.3) is 0 Å². The Hall–Kier alpha value is -3.44. The molecule has 0 unspecified atom stereocenters. The van der Waals surface area contributed by atoms with Crippen molar-refractivity contribution in [2.45, 2.75) is 64.4 Å². The standard InChI is InChI=1S/C26H34N2O8Si/c1-8-11-34-25(33)35-21-13-17-12-16(9-10-19(17)28(21)24(31)32)20(29)14-18-22(23(30)27-18)15(2)36-37(6,7)26(3,4)5/h8-10,12-13,15,18,22H,1,11,14H2,2-7H3,(H,27,30)(H,31,32)/t15-,18-,22-/m1/s1. The zero-order chi connectivity index (χ0) is 27.7. The predicted octanol–water partition coefficient (Wildman–Crippen LogP) is 4.97. The number of carbonyl (C=O) groups excluding carboxylic acids is 3. The van der Waals surface area contributed by atoms with Crippen LogP contribution in [0.2, 0.25) is 18.1 Å². The van der Waals surface area contributed by atoms with E-state index in [0.29, 0.717) is 10.9 Å². The number of carbonyl (C=O) groups is 4. The summed E-state index contributed by atoms with van der Waals surface area (Å²) < 4.78 is 17.0. The van der Waals surface area contributed by atoms with Gasteiger partial charge in [-0.2, -0.15) is 0 Å². The van der Waals surface area contributed by atoms with Crippen molar-refractivity contribution in [3.8, 4) is 5.88 Å². The lowest BCUT2D eigenvalue weighted by Crippen LogP contribution is -2.64. The average molecular weight is 531 g/mol. The largest absolute Gasteiger partial charge is 0.515 e. The maximum atomic E-state index is 13.1. The maximum Gasteiger partial charge on any atom is 0.515 e. The smallest absolute Gasteiger partial charge is 0.464 e. The molecule has 0 bridgehead atoms. The molecule has 2 aromatic rings. The molecule has 1 aromatic carbocycles. The highest BCUT2D eigenvalue weighted by molar-refractivity contribution is 6.74. The number of amides is 1. The Kier molecular flexibility index (Phi) is 7.99. The Morgan fingerprint density at radius 2 is 1.92 bits per heavy atom. The third kappa shape index (κ3) is 5.94. The minimum atomic E-state index is -2.10. The van der Waals surface area contributed by atoms with E-state index in [1.807, 2.05) is 6.92 Å². The second-order valence-corrected chi connectivity index (χ2v) is 15.4. The fraction of sp³-hybridized carbons (Fsp3) is 0.462. The van der Waals surface area contributed by atoms with E-state index in [1.54, 1.807) is 0 Å². The molecule has 1 aromatic heterocycles. The summed E-state index contributed by atoms with van der Waals surface area (Å²) in [6.45, 7) is 15.8. The van der Waals surface area contributed by atoms with Crippen molar-refractivity contribution in [1.29, 1.82) is 0 Å². The number of hydrogen-bond donors (Lipinski definition) is 2. The van der Waals surface area contributed by atoms with Gasteiger partial charge in [0.2, 0.25) is 11.8 Å². The quantitative estimate of drug-likeness (QED) is 0.153. The summed E-state index contributed by atoms with van der Waals surface area (Å²) in [7, 11) is -2.10. The van der Waals surface area contributed by atoms with Gasteiger partial charge in [-0.3, -0.25) is 9.59 Å². The number of ketones is 1. The maximum absolute atomic E-state index is 13.1. The molecule has 10 nitrogen and oxygen atoms in total. The molecule has 1 fully saturated rings. The molecule has 1 aliphatic heterocycles. The molecular weight excluding hydrogens is 496 g/mol. The highest BCUT2D eigenvalue weighted by Crippen LogP contribution is 2.39. The topological polar surface area (TPSA) is 133 Å². The zero-order valence-corrected chi connectivity index (χ0v) is 23.0. The molecule has 2 N–H and O–H groups in total. The van der Waals surface area contributed by atoms with Gasteiger partial charge in [0.1, 0.15) is 6.61 Å². The van der Waals surface area contributed by atoms with E-state index < -0.39 is 26.5 Å². The number of ether oxygens (including phenoxy) is 2. The molecule has 200 valence electrons. The fourth-order valence-corrected chi connectivity index (χ4v) is 5.51. The van der Waals surface area contributed by atoms with E-state index in [-0.39, 0.29) is 53.3 Å². The Bertz CT molecular complexity index is 1240. The number of nitrogens with zero attached hydrogens (tertiary/aromatic N) is 1. The number of Topliss-reactive ketones (excluding diaryl/α,β-unsaturated/α-hetero) is 1. The minimum absolute atomic E-state index is 0.0144. The van der Waals surface area contributed by atoms with E-state index in [4.69, 9.17) is 13.9 Å². The Labute approximate surface area is 216 Å². The van der Waals surface area contributed by atoms with Crippen molar-refractivity contribution in [3.05, 3.63) is 42.5 Å². The van der Waals surface area contributed by atoms with E-state index in [1.165, 1.54) is 30.3 Å². The Morgan fingerprint density at radius 1 is 1.24 bits per heavy atom. The second kappa shape index (κ2) is 10.5. The lowest BCUT2D eigenvalue weighted by molar-refractivity contribution is -0.139. The summed E-state index contributed by atoms with van der Waals surface area (Å²) in [5, 5.41) is 12.8. The van der Waals surface area contributed by atoms with Crippen molar-refractivity contribution in [2.75, 3.05) is 6.61 Å². The number of fused-ring (bicyclic) bond motifs is 1. The number of benzene rings is 1. The molecule has 0 spiro atoms. The molecule has 3 atom stereocenters. The van der Waals surface area contributed by atoms with Gasteiger partial charge in [-0.25, -0.2) is 14.2 Å². The summed E-state index contributed by atoms with van der Waals surface area (Å²) in [5.74, 6) is -1.05. The summed E-state index contributed by atoms with van der Waals surface area (Å²) >= 11 is 0. The van der Waals surface area contributed by atoms with Gasteiger partial charge in [-0.1, -0.05) is 33.4 Å². The molecule has 37 heavy (non-hydrogen) atoms. The average Bonchev–Trinajstić information content (AvgIpc) is 3.12. The van der Waals surface area contributed by atoms with Crippen LogP contribution in [0.5, 0.6) is 5.88 Å². The molecule has 1 aliphatic rings. The number of β-lactam (4-membered cyclic amide) rings is 1. The third-order valence-electron chi connectivity index (χ3n) is 7.05. The van der Waals surface area contributed by atoms with Crippen LogP contribution in [0.3, 0.4) is 0 Å². The summed E-state index contributed by atoms with van der Waals surface area (Å²) in [5.41, 5.74) is 0.579. The third-order valence-corrected chi connectivity index (χ3v) is 11.6. The van der Waals surface area contributed by atoms with Crippen LogP contribution in [-0.2, 0) is 14.0 Å². The molecule has 0 aliphatic carbocycles. The van der Waals surface area contributed by atoms with Crippen LogP contribution in [0.25, 0.3) is 10.9 Å². The van der Waals surface area contributed by atoms with Crippen molar-refractivity contribution in [3.63, 3.8) is 0 Å². The summed E-state index contributed by atoms with van der Waals surface area (Å²) in [6.07, 6.45) is -1.36. The lowest BCUT2D eigenvalue weighted by Gasteiger charge is -2.45. The molecule has 11 heteroatoms. The number of hydrogen-bond acceptors (Lipinski definition) is 7. The molecule has 1 amide bonds. The first-order chi connectivity index (χ1) is 17.2. The summed E-state index contributed by atoms with van der Waals surface area (Å²) in [6, 6.07) is 5.49.